The first-order valence-electron chi connectivity index (χ1n) is 9.50. The predicted octanol–water partition coefficient (Wildman–Crippen LogP) is 5.28. The van der Waals surface area contributed by atoms with Gasteiger partial charge < -0.3 is 10.6 Å². The summed E-state index contributed by atoms with van der Waals surface area (Å²) >= 11 is 0. The Balaban J connectivity index is 0.00000320. The van der Waals surface area contributed by atoms with Crippen molar-refractivity contribution in [3.63, 3.8) is 0 Å². The number of carbonyl (C=O) groups is 1. The molecule has 0 heterocycles. The first-order valence-corrected chi connectivity index (χ1v) is 9.50. The highest BCUT2D eigenvalue weighted by atomic mass is 35.5. The lowest BCUT2D eigenvalue weighted by Gasteiger charge is -2.27. The molecule has 2 N–H and O–H groups in total. The molecule has 158 valence electrons. The van der Waals surface area contributed by atoms with Crippen molar-refractivity contribution in [2.45, 2.75) is 26.3 Å². The van der Waals surface area contributed by atoms with Crippen LogP contribution in [0.4, 0.5) is 14.5 Å². The second kappa shape index (κ2) is 10.3. The summed E-state index contributed by atoms with van der Waals surface area (Å²) in [5.41, 5.74) is 10.5. The summed E-state index contributed by atoms with van der Waals surface area (Å²) in [5.74, 6) is -2.03. The number of amides is 1. The van der Waals surface area contributed by atoms with E-state index in [0.29, 0.717) is 18.5 Å². The molecule has 3 aromatic carbocycles. The molecule has 30 heavy (non-hydrogen) atoms. The van der Waals surface area contributed by atoms with Crippen LogP contribution < -0.4 is 10.6 Å². The van der Waals surface area contributed by atoms with Crippen LogP contribution in [0.3, 0.4) is 0 Å². The number of hydrogen-bond donors (Lipinski definition) is 1. The Morgan fingerprint density at radius 3 is 2.27 bits per heavy atom. The average molecular weight is 431 g/mol. The Bertz CT molecular complexity index is 1010. The van der Waals surface area contributed by atoms with Gasteiger partial charge in [0.1, 0.15) is 6.04 Å². The topological polar surface area (TPSA) is 46.3 Å². The first kappa shape index (κ1) is 23.5. The minimum absolute atomic E-state index is 0. The number of benzene rings is 3. The highest BCUT2D eigenvalue weighted by Crippen LogP contribution is 2.23. The molecule has 0 aromatic heterocycles. The zero-order valence-corrected chi connectivity index (χ0v) is 17.8. The average Bonchev–Trinajstić information content (AvgIpc) is 2.73. The third-order valence-electron chi connectivity index (χ3n) is 5.10. The predicted molar refractivity (Wildman–Crippen MR) is 119 cm³/mol. The van der Waals surface area contributed by atoms with Crippen LogP contribution >= 0.6 is 12.4 Å². The maximum atomic E-state index is 13.6. The Labute approximate surface area is 181 Å². The molecule has 0 unspecified atom stereocenters. The minimum Gasteiger partial charge on any atom is -0.316 e. The lowest BCUT2D eigenvalue weighted by Crippen LogP contribution is -2.40. The number of nitrogens with two attached hydrogens (primary N) is 1. The van der Waals surface area contributed by atoms with Gasteiger partial charge in [-0.1, -0.05) is 42.5 Å². The SMILES string of the molecule is Cc1ccc(N(CCc2ccc(F)c(F)c2)C(=O)[C@@H](N)c2ccccc2)cc1C.Cl. The summed E-state index contributed by atoms with van der Waals surface area (Å²) < 4.78 is 26.8. The van der Waals surface area contributed by atoms with Crippen LogP contribution in [0.2, 0.25) is 0 Å². The zero-order chi connectivity index (χ0) is 21.0. The Kier molecular flexibility index (Phi) is 8.09. The van der Waals surface area contributed by atoms with Crippen molar-refractivity contribution in [2.24, 2.45) is 5.73 Å². The molecule has 3 rings (SSSR count). The summed E-state index contributed by atoms with van der Waals surface area (Å²) in [7, 11) is 0. The van der Waals surface area contributed by atoms with Gasteiger partial charge in [-0.3, -0.25) is 4.79 Å². The van der Waals surface area contributed by atoms with Crippen molar-refractivity contribution >= 4 is 24.0 Å². The molecule has 3 aromatic rings. The molecular weight excluding hydrogens is 406 g/mol. The third kappa shape index (κ3) is 5.43. The number of anilines is 1. The normalized spacial score (nSPS) is 11.5. The lowest BCUT2D eigenvalue weighted by atomic mass is 10.0. The fourth-order valence-corrected chi connectivity index (χ4v) is 3.17. The molecule has 1 atom stereocenters. The molecule has 3 nitrogen and oxygen atoms in total. The van der Waals surface area contributed by atoms with E-state index in [1.807, 2.05) is 62.4 Å². The fourth-order valence-electron chi connectivity index (χ4n) is 3.17. The Hall–Kier alpha value is -2.76. The van der Waals surface area contributed by atoms with Crippen LogP contribution in [0.1, 0.15) is 28.3 Å². The van der Waals surface area contributed by atoms with Gasteiger partial charge in [0.2, 0.25) is 5.91 Å². The standard InChI is InChI=1S/C24H24F2N2O.ClH/c1-16-8-10-20(14-17(16)2)28(13-12-18-9-11-21(25)22(26)15-18)24(29)23(27)19-6-4-3-5-7-19;/h3-11,14-15,23H,12-13,27H2,1-2H3;1H/t23-;/m0./s1. The van der Waals surface area contributed by atoms with Crippen LogP contribution in [0, 0.1) is 25.5 Å². The third-order valence-corrected chi connectivity index (χ3v) is 5.10. The second-order valence-electron chi connectivity index (χ2n) is 7.15. The van der Waals surface area contributed by atoms with E-state index in [-0.39, 0.29) is 18.3 Å². The number of hydrogen-bond acceptors (Lipinski definition) is 2. The van der Waals surface area contributed by atoms with Crippen LogP contribution in [0.25, 0.3) is 0 Å². The van der Waals surface area contributed by atoms with E-state index in [4.69, 9.17) is 5.73 Å². The van der Waals surface area contributed by atoms with Gasteiger partial charge in [0.05, 0.1) is 0 Å². The molecular formula is C24H25ClF2N2O. The molecule has 0 fully saturated rings. The molecule has 0 saturated carbocycles. The van der Waals surface area contributed by atoms with Crippen LogP contribution in [-0.4, -0.2) is 12.5 Å². The molecule has 0 aliphatic heterocycles. The number of nitrogens with zero attached hydrogens (tertiary/aromatic N) is 1. The summed E-state index contributed by atoms with van der Waals surface area (Å²) in [6, 6.07) is 17.9. The summed E-state index contributed by atoms with van der Waals surface area (Å²) in [6.07, 6.45) is 0.372. The summed E-state index contributed by atoms with van der Waals surface area (Å²) in [4.78, 5) is 14.9. The van der Waals surface area contributed by atoms with E-state index in [2.05, 4.69) is 0 Å². The largest absolute Gasteiger partial charge is 0.316 e. The monoisotopic (exact) mass is 430 g/mol. The van der Waals surface area contributed by atoms with E-state index in [0.717, 1.165) is 34.5 Å². The first-order chi connectivity index (χ1) is 13.9. The van der Waals surface area contributed by atoms with Gasteiger partial charge in [-0.15, -0.1) is 12.4 Å². The van der Waals surface area contributed by atoms with Crippen molar-refractivity contribution in [3.05, 3.63) is 101 Å². The van der Waals surface area contributed by atoms with E-state index >= 15 is 0 Å². The van der Waals surface area contributed by atoms with Gasteiger partial charge >= 0.3 is 0 Å². The van der Waals surface area contributed by atoms with Crippen molar-refractivity contribution in [1.29, 1.82) is 0 Å². The number of aryl methyl sites for hydroxylation is 2. The molecule has 0 spiro atoms. The molecule has 0 bridgehead atoms. The van der Waals surface area contributed by atoms with Crippen molar-refractivity contribution in [2.75, 3.05) is 11.4 Å². The van der Waals surface area contributed by atoms with Crippen LogP contribution in [0.15, 0.2) is 66.7 Å². The summed E-state index contributed by atoms with van der Waals surface area (Å²) in [6.45, 7) is 4.28. The van der Waals surface area contributed by atoms with Gasteiger partial charge in [0.15, 0.2) is 11.6 Å². The van der Waals surface area contributed by atoms with Gasteiger partial charge in [-0.2, -0.15) is 0 Å². The Morgan fingerprint density at radius 1 is 0.933 bits per heavy atom. The second-order valence-corrected chi connectivity index (χ2v) is 7.15. The molecule has 6 heteroatoms. The highest BCUT2D eigenvalue weighted by Gasteiger charge is 2.24. The lowest BCUT2D eigenvalue weighted by molar-refractivity contribution is -0.120. The zero-order valence-electron chi connectivity index (χ0n) is 16.9. The van der Waals surface area contributed by atoms with Crippen molar-refractivity contribution < 1.29 is 13.6 Å². The van der Waals surface area contributed by atoms with E-state index in [1.54, 1.807) is 4.90 Å². The van der Waals surface area contributed by atoms with Crippen molar-refractivity contribution in [1.82, 2.24) is 0 Å². The maximum absolute atomic E-state index is 13.6. The molecule has 0 saturated heterocycles. The summed E-state index contributed by atoms with van der Waals surface area (Å²) in [5, 5.41) is 0. The Morgan fingerprint density at radius 2 is 1.63 bits per heavy atom. The van der Waals surface area contributed by atoms with E-state index < -0.39 is 17.7 Å². The molecule has 1 amide bonds. The van der Waals surface area contributed by atoms with Gasteiger partial charge in [0.25, 0.3) is 0 Å². The van der Waals surface area contributed by atoms with Crippen LogP contribution in [0.5, 0.6) is 0 Å². The smallest absolute Gasteiger partial charge is 0.248 e. The van der Waals surface area contributed by atoms with Gasteiger partial charge in [-0.05, 0) is 66.8 Å². The van der Waals surface area contributed by atoms with Crippen molar-refractivity contribution in [3.8, 4) is 0 Å². The highest BCUT2D eigenvalue weighted by molar-refractivity contribution is 5.97. The maximum Gasteiger partial charge on any atom is 0.248 e. The molecule has 0 radical (unpaired) electrons. The van der Waals surface area contributed by atoms with Gasteiger partial charge in [0, 0.05) is 12.2 Å². The number of rotatable bonds is 6. The molecule has 0 aliphatic rings. The minimum atomic E-state index is -0.896. The van der Waals surface area contributed by atoms with E-state index in [9.17, 15) is 13.6 Å². The number of carbonyl (C=O) groups excluding carboxylic acids is 1. The fraction of sp³-hybridized carbons (Fsp3) is 0.208. The quantitative estimate of drug-likeness (QED) is 0.578. The van der Waals surface area contributed by atoms with Crippen LogP contribution in [-0.2, 0) is 11.2 Å². The number of halogens is 3. The van der Waals surface area contributed by atoms with E-state index in [1.165, 1.54) is 6.07 Å². The molecule has 0 aliphatic carbocycles. The van der Waals surface area contributed by atoms with Gasteiger partial charge in [-0.25, -0.2) is 8.78 Å².